The zero-order valence-electron chi connectivity index (χ0n) is 40.5. The molecule has 0 saturated carbocycles. The number of benzene rings is 9. The van der Waals surface area contributed by atoms with Gasteiger partial charge < -0.3 is 0 Å². The lowest BCUT2D eigenvalue weighted by atomic mass is 9.95. The van der Waals surface area contributed by atoms with E-state index in [0.717, 1.165) is 38.2 Å². The summed E-state index contributed by atoms with van der Waals surface area (Å²) in [4.78, 5) is 15.2. The quantitative estimate of drug-likeness (QED) is 0.173. The smallest absolute Gasteiger partial charge is 0.164 e. The summed E-state index contributed by atoms with van der Waals surface area (Å²) >= 11 is 0. The molecule has 1 aromatic heterocycles. The van der Waals surface area contributed by atoms with Crippen LogP contribution in [0.3, 0.4) is 0 Å². The zero-order chi connectivity index (χ0) is 46.3. The van der Waals surface area contributed by atoms with Crippen molar-refractivity contribution in [3.05, 3.63) is 200 Å². The predicted molar refractivity (Wildman–Crippen MR) is 225 cm³/mol. The molecule has 0 unspecified atom stereocenters. The second kappa shape index (κ2) is 13.4. The molecule has 0 aliphatic carbocycles. The molecule has 0 aliphatic rings. The first-order valence-corrected chi connectivity index (χ1v) is 17.3. The van der Waals surface area contributed by atoms with Crippen molar-refractivity contribution in [1.29, 1.82) is 0 Å². The number of hydrogen-bond donors (Lipinski definition) is 0. The van der Waals surface area contributed by atoms with Gasteiger partial charge in [0.1, 0.15) is 0 Å². The van der Waals surface area contributed by atoms with Gasteiger partial charge in [-0.25, -0.2) is 15.0 Å². The van der Waals surface area contributed by atoms with Gasteiger partial charge in [-0.3, -0.25) is 0 Å². The molecular formula is C51H33N3. The van der Waals surface area contributed by atoms with E-state index in [9.17, 15) is 0 Å². The number of nitrogens with zero attached hydrogens (tertiary/aromatic N) is 3. The molecule has 1 heterocycles. The van der Waals surface area contributed by atoms with Crippen molar-refractivity contribution in [3.63, 3.8) is 0 Å². The highest BCUT2D eigenvalue weighted by Gasteiger charge is 2.17. The largest absolute Gasteiger partial charge is 0.208 e. The van der Waals surface area contributed by atoms with Crippen molar-refractivity contribution < 1.29 is 16.4 Å². The maximum absolute atomic E-state index is 9.00. The van der Waals surface area contributed by atoms with Crippen molar-refractivity contribution in [3.8, 4) is 67.5 Å². The summed E-state index contributed by atoms with van der Waals surface area (Å²) in [6.07, 6.45) is 0. The molecule has 0 fully saturated rings. The highest BCUT2D eigenvalue weighted by atomic mass is 15.0. The van der Waals surface area contributed by atoms with Crippen LogP contribution in [0.25, 0.3) is 99.9 Å². The van der Waals surface area contributed by atoms with Crippen molar-refractivity contribution in [2.45, 2.75) is 0 Å². The van der Waals surface area contributed by atoms with Crippen molar-refractivity contribution >= 4 is 32.3 Å². The van der Waals surface area contributed by atoms with Gasteiger partial charge in [0.15, 0.2) is 17.5 Å². The molecule has 0 saturated heterocycles. The Morgan fingerprint density at radius 1 is 0.296 bits per heavy atom. The molecule has 0 bridgehead atoms. The van der Waals surface area contributed by atoms with E-state index in [1.165, 1.54) is 0 Å². The van der Waals surface area contributed by atoms with Crippen LogP contribution in [0.2, 0.25) is 0 Å². The summed E-state index contributed by atoms with van der Waals surface area (Å²) < 4.78 is 102. The summed E-state index contributed by atoms with van der Waals surface area (Å²) in [7, 11) is 0. The SMILES string of the molecule is [2H]c1c([2H])c([2H])c(-c2ccc3cc(-c4nc(-c5cccc(-c6c([2H])c([2H])c([2H])c7c([2H])c([2H])c([2H])c([2H])c67)c5)nc(-c5cccc6c(-c7ccccc7)cccc56)n4)ccc3c2)c([2H])c1[2H]. The minimum Gasteiger partial charge on any atom is -0.208 e. The van der Waals surface area contributed by atoms with Gasteiger partial charge in [-0.15, -0.1) is 0 Å². The normalized spacial score (nSPS) is 14.4. The molecule has 54 heavy (non-hydrogen) atoms. The van der Waals surface area contributed by atoms with E-state index in [1.54, 1.807) is 36.4 Å². The first-order valence-electron chi connectivity index (χ1n) is 23.3. The highest BCUT2D eigenvalue weighted by molar-refractivity contribution is 6.04. The summed E-state index contributed by atoms with van der Waals surface area (Å²) in [6.45, 7) is 0. The predicted octanol–water partition coefficient (Wildman–Crippen LogP) is 13.3. The van der Waals surface area contributed by atoms with Gasteiger partial charge in [0.25, 0.3) is 0 Å². The second-order valence-electron chi connectivity index (χ2n) is 12.7. The number of aromatic nitrogens is 3. The Bertz CT molecular complexity index is 3650. The van der Waals surface area contributed by atoms with Gasteiger partial charge in [-0.2, -0.15) is 0 Å². The van der Waals surface area contributed by atoms with E-state index in [0.29, 0.717) is 33.9 Å². The summed E-state index contributed by atoms with van der Waals surface area (Å²) in [5.74, 6) is 0.937. The Morgan fingerprint density at radius 2 is 0.889 bits per heavy atom. The number of rotatable bonds is 6. The van der Waals surface area contributed by atoms with E-state index >= 15 is 0 Å². The fourth-order valence-corrected chi connectivity index (χ4v) is 6.91. The molecule has 3 nitrogen and oxygen atoms in total. The van der Waals surface area contributed by atoms with Crippen LogP contribution in [0, 0.1) is 0 Å². The van der Waals surface area contributed by atoms with E-state index in [1.807, 2.05) is 66.7 Å². The molecular weight excluding hydrogens is 655 g/mol. The molecule has 3 heteroatoms. The topological polar surface area (TPSA) is 38.7 Å². The third-order valence-electron chi connectivity index (χ3n) is 9.49. The molecule has 0 aliphatic heterocycles. The van der Waals surface area contributed by atoms with Gasteiger partial charge in [0.2, 0.25) is 0 Å². The first-order chi connectivity index (χ1) is 31.7. The fourth-order valence-electron chi connectivity index (χ4n) is 6.91. The number of fused-ring (bicyclic) bond motifs is 3. The molecule has 0 N–H and O–H groups in total. The molecule has 252 valence electrons. The third kappa shape index (κ3) is 5.78. The average Bonchev–Trinajstić information content (AvgIpc) is 3.35. The highest BCUT2D eigenvalue weighted by Crippen LogP contribution is 2.37. The maximum Gasteiger partial charge on any atom is 0.164 e. The number of hydrogen-bond acceptors (Lipinski definition) is 3. The minimum absolute atomic E-state index is 0.0305. The van der Waals surface area contributed by atoms with E-state index in [2.05, 4.69) is 24.3 Å². The van der Waals surface area contributed by atoms with Gasteiger partial charge in [-0.1, -0.05) is 182 Å². The second-order valence-corrected chi connectivity index (χ2v) is 12.7. The van der Waals surface area contributed by atoms with Gasteiger partial charge in [0, 0.05) is 16.7 Å². The lowest BCUT2D eigenvalue weighted by Gasteiger charge is -2.13. The Kier molecular flexibility index (Phi) is 5.29. The van der Waals surface area contributed by atoms with E-state index in [-0.39, 0.29) is 45.9 Å². The fraction of sp³-hybridized carbons (Fsp3) is 0. The third-order valence-corrected chi connectivity index (χ3v) is 9.49. The molecule has 9 aromatic carbocycles. The Morgan fingerprint density at radius 3 is 1.70 bits per heavy atom. The first kappa shape index (κ1) is 21.3. The molecule has 0 spiro atoms. The lowest BCUT2D eigenvalue weighted by Crippen LogP contribution is -2.01. The average molecular weight is 700 g/mol. The molecule has 10 rings (SSSR count). The summed E-state index contributed by atoms with van der Waals surface area (Å²) in [6, 6.07) is 34.8. The van der Waals surface area contributed by atoms with Crippen LogP contribution in [0.4, 0.5) is 0 Å². The lowest BCUT2D eigenvalue weighted by molar-refractivity contribution is 1.08. The monoisotopic (exact) mass is 699 g/mol. The van der Waals surface area contributed by atoms with Crippen LogP contribution in [0.15, 0.2) is 200 Å². The molecule has 0 atom stereocenters. The minimum atomic E-state index is -0.532. The van der Waals surface area contributed by atoms with Gasteiger partial charge in [-0.05, 0) is 83.9 Å². The van der Waals surface area contributed by atoms with Crippen molar-refractivity contribution in [2.75, 3.05) is 0 Å². The molecule has 10 aromatic rings. The van der Waals surface area contributed by atoms with Crippen LogP contribution in [-0.4, -0.2) is 15.0 Å². The summed E-state index contributed by atoms with van der Waals surface area (Å²) in [5, 5.41) is 3.22. The van der Waals surface area contributed by atoms with Crippen LogP contribution in [0.5, 0.6) is 0 Å². The Hall–Kier alpha value is -7.23. The van der Waals surface area contributed by atoms with Crippen LogP contribution in [-0.2, 0) is 0 Å². The Balaban J connectivity index is 1.18. The van der Waals surface area contributed by atoms with Crippen LogP contribution >= 0.6 is 0 Å². The van der Waals surface area contributed by atoms with E-state index in [4.69, 9.17) is 31.4 Å². The van der Waals surface area contributed by atoms with Gasteiger partial charge >= 0.3 is 0 Å². The standard InChI is InChI=1S/C51H33N3/c1-3-13-34(14-4-1)37-27-28-39-32-42(30-29-38(39)31-37)50-52-49(41-20-9-19-40(33-41)45-22-10-18-36-17-7-8-21-43(36)45)53-51(54-50)48-26-12-24-46-44(23-11-25-47(46)48)35-15-5-2-6-16-35/h1-33H/i1D,3D,4D,7D,8D,10D,13D,14D,17D,18D,21D,22D. The van der Waals surface area contributed by atoms with Gasteiger partial charge in [0.05, 0.1) is 16.4 Å². The van der Waals surface area contributed by atoms with Crippen molar-refractivity contribution in [1.82, 2.24) is 15.0 Å². The summed E-state index contributed by atoms with van der Waals surface area (Å²) in [5.41, 5.74) is 4.93. The molecule has 0 radical (unpaired) electrons. The Labute approximate surface area is 330 Å². The van der Waals surface area contributed by atoms with Crippen LogP contribution in [0.1, 0.15) is 16.4 Å². The van der Waals surface area contributed by atoms with Crippen molar-refractivity contribution in [2.24, 2.45) is 0 Å². The van der Waals surface area contributed by atoms with E-state index < -0.39 is 54.4 Å². The zero-order valence-corrected chi connectivity index (χ0v) is 28.5. The maximum atomic E-state index is 9.00. The molecule has 0 amide bonds. The van der Waals surface area contributed by atoms with Crippen LogP contribution < -0.4 is 0 Å².